The second-order valence-electron chi connectivity index (χ2n) is 5.43. The minimum Gasteiger partial charge on any atom is -0.378 e. The Morgan fingerprint density at radius 2 is 2.26 bits per heavy atom. The maximum absolute atomic E-state index is 5.66. The highest BCUT2D eigenvalue weighted by Gasteiger charge is 2.15. The van der Waals surface area contributed by atoms with Gasteiger partial charge in [0.25, 0.3) is 0 Å². The average molecular weight is 265 g/mol. The van der Waals surface area contributed by atoms with Crippen LogP contribution in [0.3, 0.4) is 0 Å². The first-order chi connectivity index (χ1) is 9.22. The predicted molar refractivity (Wildman–Crippen MR) is 77.3 cm³/mol. The zero-order valence-electron chi connectivity index (χ0n) is 12.5. The molecule has 1 fully saturated rings. The van der Waals surface area contributed by atoms with E-state index in [1.54, 1.807) is 0 Å². The maximum Gasteiger partial charge on any atom is 0.0641 e. The van der Waals surface area contributed by atoms with E-state index >= 15 is 0 Å². The van der Waals surface area contributed by atoms with Crippen LogP contribution in [0.1, 0.15) is 49.6 Å². The van der Waals surface area contributed by atoms with Gasteiger partial charge in [-0.2, -0.15) is 5.10 Å². The maximum atomic E-state index is 5.66. The molecule has 1 aliphatic heterocycles. The first-order valence-corrected chi connectivity index (χ1v) is 7.57. The summed E-state index contributed by atoms with van der Waals surface area (Å²) in [5.74, 6) is 0. The van der Waals surface area contributed by atoms with Crippen LogP contribution in [0, 0.1) is 13.8 Å². The number of rotatable bonds is 7. The van der Waals surface area contributed by atoms with Crippen LogP contribution in [0.15, 0.2) is 0 Å². The molecule has 0 spiro atoms. The smallest absolute Gasteiger partial charge is 0.0641 e. The van der Waals surface area contributed by atoms with Crippen LogP contribution in [-0.4, -0.2) is 29.0 Å². The predicted octanol–water partition coefficient (Wildman–Crippen LogP) is 2.57. The third-order valence-electron chi connectivity index (χ3n) is 4.00. The lowest BCUT2D eigenvalue weighted by atomic mass is 10.1. The molecule has 1 atom stereocenters. The Morgan fingerprint density at radius 1 is 1.42 bits per heavy atom. The topological polar surface area (TPSA) is 39.1 Å². The molecule has 1 aromatic heterocycles. The fourth-order valence-corrected chi connectivity index (χ4v) is 2.80. The van der Waals surface area contributed by atoms with Crippen molar-refractivity contribution in [3.63, 3.8) is 0 Å². The van der Waals surface area contributed by atoms with E-state index in [-0.39, 0.29) is 0 Å². The van der Waals surface area contributed by atoms with Gasteiger partial charge in [0.2, 0.25) is 0 Å². The lowest BCUT2D eigenvalue weighted by molar-refractivity contribution is 0.101. The van der Waals surface area contributed by atoms with E-state index in [1.165, 1.54) is 30.5 Å². The Labute approximate surface area is 116 Å². The van der Waals surface area contributed by atoms with Crippen LogP contribution in [0.5, 0.6) is 0 Å². The molecular formula is C15H27N3O. The summed E-state index contributed by atoms with van der Waals surface area (Å²) in [4.78, 5) is 0. The third-order valence-corrected chi connectivity index (χ3v) is 4.00. The van der Waals surface area contributed by atoms with Crippen LogP contribution < -0.4 is 5.32 Å². The van der Waals surface area contributed by atoms with Gasteiger partial charge in [-0.1, -0.05) is 6.92 Å². The van der Waals surface area contributed by atoms with Crippen molar-refractivity contribution >= 4 is 0 Å². The fraction of sp³-hybridized carbons (Fsp3) is 0.800. The number of nitrogens with one attached hydrogen (secondary N) is 1. The first kappa shape index (κ1) is 14.5. The molecule has 0 amide bonds. The van der Waals surface area contributed by atoms with Crippen molar-refractivity contribution in [2.75, 3.05) is 13.2 Å². The Bertz CT molecular complexity index is 394. The first-order valence-electron chi connectivity index (χ1n) is 7.57. The van der Waals surface area contributed by atoms with E-state index < -0.39 is 0 Å². The van der Waals surface area contributed by atoms with Gasteiger partial charge in [0.05, 0.1) is 11.8 Å². The molecule has 4 heteroatoms. The molecule has 1 unspecified atom stereocenters. The SMILES string of the molecule is CCNCc1c(C)nn(CCCC2CCCO2)c1C. The molecule has 1 saturated heterocycles. The Balaban J connectivity index is 1.85. The summed E-state index contributed by atoms with van der Waals surface area (Å²) >= 11 is 0. The molecule has 1 aliphatic rings. The van der Waals surface area contributed by atoms with E-state index in [9.17, 15) is 0 Å². The van der Waals surface area contributed by atoms with Crippen molar-refractivity contribution in [2.45, 2.75) is 65.6 Å². The lowest BCUT2D eigenvalue weighted by Gasteiger charge is -2.10. The zero-order valence-corrected chi connectivity index (χ0v) is 12.5. The third kappa shape index (κ3) is 3.80. The number of aryl methyl sites for hydroxylation is 2. The molecule has 0 saturated carbocycles. The summed E-state index contributed by atoms with van der Waals surface area (Å²) in [6.45, 7) is 10.3. The standard InChI is InChI=1S/C15H27N3O/c1-4-16-11-15-12(2)17-18(13(15)3)9-5-7-14-8-6-10-19-14/h14,16H,4-11H2,1-3H3. The second kappa shape index (κ2) is 7.06. The normalized spacial score (nSPS) is 19.2. The zero-order chi connectivity index (χ0) is 13.7. The van der Waals surface area contributed by atoms with Crippen LogP contribution in [-0.2, 0) is 17.8 Å². The summed E-state index contributed by atoms with van der Waals surface area (Å²) in [5.41, 5.74) is 3.83. The second-order valence-corrected chi connectivity index (χ2v) is 5.43. The number of hydrogen-bond donors (Lipinski definition) is 1. The molecule has 108 valence electrons. The summed E-state index contributed by atoms with van der Waals surface area (Å²) in [7, 11) is 0. The Morgan fingerprint density at radius 3 is 2.95 bits per heavy atom. The van der Waals surface area contributed by atoms with Gasteiger partial charge in [-0.15, -0.1) is 0 Å². The van der Waals surface area contributed by atoms with E-state index in [2.05, 4.69) is 35.9 Å². The van der Waals surface area contributed by atoms with Crippen molar-refractivity contribution in [1.82, 2.24) is 15.1 Å². The number of hydrogen-bond acceptors (Lipinski definition) is 3. The molecule has 2 heterocycles. The summed E-state index contributed by atoms with van der Waals surface area (Å²) in [6, 6.07) is 0. The van der Waals surface area contributed by atoms with Gasteiger partial charge in [-0.25, -0.2) is 0 Å². The minimum atomic E-state index is 0.498. The highest BCUT2D eigenvalue weighted by Crippen LogP contribution is 2.18. The number of nitrogens with zero attached hydrogens (tertiary/aromatic N) is 2. The van der Waals surface area contributed by atoms with Gasteiger partial charge >= 0.3 is 0 Å². The minimum absolute atomic E-state index is 0.498. The fourth-order valence-electron chi connectivity index (χ4n) is 2.80. The van der Waals surface area contributed by atoms with E-state index in [0.717, 1.165) is 38.4 Å². The molecule has 0 aliphatic carbocycles. The quantitative estimate of drug-likeness (QED) is 0.823. The lowest BCUT2D eigenvalue weighted by Crippen LogP contribution is -2.13. The average Bonchev–Trinajstić information content (AvgIpc) is 2.98. The van der Waals surface area contributed by atoms with Gasteiger partial charge in [0.15, 0.2) is 0 Å². The molecule has 0 radical (unpaired) electrons. The summed E-state index contributed by atoms with van der Waals surface area (Å²) in [6.07, 6.45) is 5.30. The molecule has 1 aromatic rings. The van der Waals surface area contributed by atoms with Crippen LogP contribution in [0.25, 0.3) is 0 Å². The molecule has 0 bridgehead atoms. The van der Waals surface area contributed by atoms with E-state index in [1.807, 2.05) is 0 Å². The van der Waals surface area contributed by atoms with Gasteiger partial charge in [-0.3, -0.25) is 4.68 Å². The number of ether oxygens (including phenoxy) is 1. The van der Waals surface area contributed by atoms with Gasteiger partial charge in [-0.05, 0) is 46.1 Å². The molecule has 1 N–H and O–H groups in total. The van der Waals surface area contributed by atoms with Crippen molar-refractivity contribution in [3.8, 4) is 0 Å². The highest BCUT2D eigenvalue weighted by atomic mass is 16.5. The monoisotopic (exact) mass is 265 g/mol. The molecule has 4 nitrogen and oxygen atoms in total. The Hall–Kier alpha value is -0.870. The van der Waals surface area contributed by atoms with Crippen LogP contribution in [0.4, 0.5) is 0 Å². The van der Waals surface area contributed by atoms with E-state index in [4.69, 9.17) is 4.74 Å². The van der Waals surface area contributed by atoms with Crippen LogP contribution >= 0.6 is 0 Å². The van der Waals surface area contributed by atoms with Gasteiger partial charge in [0.1, 0.15) is 0 Å². The number of aromatic nitrogens is 2. The molecule has 0 aromatic carbocycles. The highest BCUT2D eigenvalue weighted by molar-refractivity contribution is 5.24. The molecular weight excluding hydrogens is 238 g/mol. The molecule has 2 rings (SSSR count). The van der Waals surface area contributed by atoms with Crippen molar-refractivity contribution in [2.24, 2.45) is 0 Å². The van der Waals surface area contributed by atoms with Gasteiger partial charge < -0.3 is 10.1 Å². The molecule has 19 heavy (non-hydrogen) atoms. The van der Waals surface area contributed by atoms with Crippen LogP contribution in [0.2, 0.25) is 0 Å². The van der Waals surface area contributed by atoms with Crippen molar-refractivity contribution in [1.29, 1.82) is 0 Å². The summed E-state index contributed by atoms with van der Waals surface area (Å²) in [5, 5.41) is 8.05. The largest absolute Gasteiger partial charge is 0.378 e. The van der Waals surface area contributed by atoms with Crippen molar-refractivity contribution in [3.05, 3.63) is 17.0 Å². The Kier molecular flexibility index (Phi) is 5.40. The van der Waals surface area contributed by atoms with Crippen molar-refractivity contribution < 1.29 is 4.74 Å². The summed E-state index contributed by atoms with van der Waals surface area (Å²) < 4.78 is 7.83. The van der Waals surface area contributed by atoms with E-state index in [0.29, 0.717) is 6.10 Å². The van der Waals surface area contributed by atoms with Gasteiger partial charge in [0, 0.05) is 31.0 Å².